The molecule has 2 aromatic carbocycles. The summed E-state index contributed by atoms with van der Waals surface area (Å²) in [6, 6.07) is 18.7. The van der Waals surface area contributed by atoms with Gasteiger partial charge in [-0.05, 0) is 53.8 Å². The molecule has 1 saturated carbocycles. The number of aromatic nitrogens is 1. The van der Waals surface area contributed by atoms with Gasteiger partial charge in [-0.25, -0.2) is 0 Å². The van der Waals surface area contributed by atoms with Gasteiger partial charge in [0.25, 0.3) is 5.91 Å². The van der Waals surface area contributed by atoms with Crippen LogP contribution >= 0.6 is 0 Å². The van der Waals surface area contributed by atoms with Gasteiger partial charge in [0.05, 0.1) is 19.1 Å². The molecule has 0 unspecified atom stereocenters. The van der Waals surface area contributed by atoms with Gasteiger partial charge in [0.15, 0.2) is 0 Å². The van der Waals surface area contributed by atoms with E-state index in [1.165, 1.54) is 0 Å². The van der Waals surface area contributed by atoms with Gasteiger partial charge in [0.2, 0.25) is 5.91 Å². The number of amides is 2. The fourth-order valence-corrected chi connectivity index (χ4v) is 4.57. The van der Waals surface area contributed by atoms with Crippen molar-refractivity contribution in [2.24, 2.45) is 0 Å². The van der Waals surface area contributed by atoms with Gasteiger partial charge in [-0.1, -0.05) is 36.4 Å². The molecule has 2 heterocycles. The topological polar surface area (TPSA) is 71.5 Å². The van der Waals surface area contributed by atoms with Crippen LogP contribution in [0.25, 0.3) is 0 Å². The Balaban J connectivity index is 1.58. The van der Waals surface area contributed by atoms with Crippen molar-refractivity contribution in [3.63, 3.8) is 0 Å². The molecule has 1 aliphatic carbocycles. The number of methoxy groups -OCH3 is 1. The molecule has 162 valence electrons. The summed E-state index contributed by atoms with van der Waals surface area (Å²) >= 11 is 0. The molecule has 2 aliphatic rings. The normalized spacial score (nSPS) is 19.9. The van der Waals surface area contributed by atoms with Crippen LogP contribution in [0.15, 0.2) is 73.1 Å². The Morgan fingerprint density at radius 2 is 1.97 bits per heavy atom. The first-order valence-electron chi connectivity index (χ1n) is 10.9. The third-order valence-corrected chi connectivity index (χ3v) is 6.22. The minimum atomic E-state index is -0.520. The Morgan fingerprint density at radius 1 is 1.12 bits per heavy atom. The van der Waals surface area contributed by atoms with Gasteiger partial charge in [-0.3, -0.25) is 14.6 Å². The number of ether oxygens (including phenoxy) is 1. The molecule has 0 radical (unpaired) electrons. The molecule has 0 spiro atoms. The first-order valence-corrected chi connectivity index (χ1v) is 10.9. The van der Waals surface area contributed by atoms with E-state index in [9.17, 15) is 9.59 Å². The molecule has 2 atom stereocenters. The predicted molar refractivity (Wildman–Crippen MR) is 120 cm³/mol. The SMILES string of the molecule is COc1cccc([C@@H]2[C@@H](C(=O)NCc3cccnc3)c3ccccc3C(=O)N2C2CC2)c1. The molecule has 3 aromatic rings. The highest BCUT2D eigenvalue weighted by atomic mass is 16.5. The second-order valence-electron chi connectivity index (χ2n) is 8.31. The van der Waals surface area contributed by atoms with Crippen molar-refractivity contribution in [3.05, 3.63) is 95.3 Å². The Bertz CT molecular complexity index is 1140. The van der Waals surface area contributed by atoms with Crippen LogP contribution in [-0.4, -0.2) is 34.8 Å². The zero-order valence-corrected chi connectivity index (χ0v) is 17.9. The second kappa shape index (κ2) is 8.46. The van der Waals surface area contributed by atoms with E-state index in [4.69, 9.17) is 4.74 Å². The van der Waals surface area contributed by atoms with E-state index in [2.05, 4.69) is 10.3 Å². The largest absolute Gasteiger partial charge is 0.497 e. The van der Waals surface area contributed by atoms with Crippen LogP contribution in [0, 0.1) is 0 Å². The fraction of sp³-hybridized carbons (Fsp3) is 0.269. The third kappa shape index (κ3) is 3.73. The summed E-state index contributed by atoms with van der Waals surface area (Å²) in [4.78, 5) is 33.3. The minimum absolute atomic E-state index is 0.00720. The maximum atomic E-state index is 13.7. The molecule has 0 bridgehead atoms. The van der Waals surface area contributed by atoms with Crippen LogP contribution in [-0.2, 0) is 11.3 Å². The van der Waals surface area contributed by atoms with E-state index in [0.717, 1.165) is 29.5 Å². The van der Waals surface area contributed by atoms with Crippen LogP contribution in [0.1, 0.15) is 51.8 Å². The van der Waals surface area contributed by atoms with Crippen LogP contribution in [0.5, 0.6) is 5.75 Å². The third-order valence-electron chi connectivity index (χ3n) is 6.22. The number of benzene rings is 2. The smallest absolute Gasteiger partial charge is 0.254 e. The van der Waals surface area contributed by atoms with E-state index in [1.54, 1.807) is 19.5 Å². The number of pyridine rings is 1. The Labute approximate surface area is 187 Å². The molecule has 6 heteroatoms. The number of fused-ring (bicyclic) bond motifs is 1. The molecule has 1 N–H and O–H groups in total. The lowest BCUT2D eigenvalue weighted by atomic mass is 9.79. The number of hydrogen-bond donors (Lipinski definition) is 1. The van der Waals surface area contributed by atoms with Gasteiger partial charge in [0.1, 0.15) is 5.75 Å². The Morgan fingerprint density at radius 3 is 2.72 bits per heavy atom. The van der Waals surface area contributed by atoms with E-state index >= 15 is 0 Å². The second-order valence-corrected chi connectivity index (χ2v) is 8.31. The van der Waals surface area contributed by atoms with Gasteiger partial charge in [-0.15, -0.1) is 0 Å². The van der Waals surface area contributed by atoms with E-state index in [0.29, 0.717) is 17.9 Å². The maximum Gasteiger partial charge on any atom is 0.254 e. The van der Waals surface area contributed by atoms with Crippen molar-refractivity contribution in [1.82, 2.24) is 15.2 Å². The maximum absolute atomic E-state index is 13.7. The molecule has 1 aliphatic heterocycles. The van der Waals surface area contributed by atoms with Crippen molar-refractivity contribution in [3.8, 4) is 5.75 Å². The number of nitrogens with zero attached hydrogens (tertiary/aromatic N) is 2. The summed E-state index contributed by atoms with van der Waals surface area (Å²) in [6.07, 6.45) is 5.37. The van der Waals surface area contributed by atoms with Crippen LogP contribution in [0.4, 0.5) is 0 Å². The summed E-state index contributed by atoms with van der Waals surface area (Å²) < 4.78 is 5.44. The first-order chi connectivity index (χ1) is 15.7. The molecule has 1 fully saturated rings. The van der Waals surface area contributed by atoms with Crippen molar-refractivity contribution in [1.29, 1.82) is 0 Å². The predicted octanol–water partition coefficient (Wildman–Crippen LogP) is 3.85. The monoisotopic (exact) mass is 427 g/mol. The number of rotatable bonds is 6. The lowest BCUT2D eigenvalue weighted by Crippen LogP contribution is -2.48. The summed E-state index contributed by atoms with van der Waals surface area (Å²) in [6.45, 7) is 0.382. The molecular weight excluding hydrogens is 402 g/mol. The average molecular weight is 428 g/mol. The van der Waals surface area contributed by atoms with Crippen molar-refractivity contribution in [2.75, 3.05) is 7.11 Å². The Hall–Kier alpha value is -3.67. The van der Waals surface area contributed by atoms with E-state index < -0.39 is 12.0 Å². The van der Waals surface area contributed by atoms with Crippen LogP contribution < -0.4 is 10.1 Å². The van der Waals surface area contributed by atoms with E-state index in [1.807, 2.05) is 65.6 Å². The first kappa shape index (κ1) is 20.2. The Kier molecular flexibility index (Phi) is 5.35. The zero-order valence-electron chi connectivity index (χ0n) is 17.9. The quantitative estimate of drug-likeness (QED) is 0.649. The van der Waals surface area contributed by atoms with Crippen molar-refractivity contribution < 1.29 is 14.3 Å². The average Bonchev–Trinajstić information content (AvgIpc) is 3.68. The summed E-state index contributed by atoms with van der Waals surface area (Å²) in [5, 5.41) is 3.08. The number of nitrogens with one attached hydrogen (secondary N) is 1. The molecule has 2 amide bonds. The standard InChI is InChI=1S/C26H25N3O3/c1-32-20-8-4-7-18(14-20)24-23(25(30)28-16-17-6-5-13-27-15-17)21-9-2-3-10-22(21)26(31)29(24)19-11-12-19/h2-10,13-15,19,23-24H,11-12,16H2,1H3,(H,28,30)/t23-,24+/m0/s1. The lowest BCUT2D eigenvalue weighted by molar-refractivity contribution is -0.124. The summed E-state index contributed by atoms with van der Waals surface area (Å²) in [7, 11) is 1.62. The van der Waals surface area contributed by atoms with Gasteiger partial charge in [0, 0.05) is 30.5 Å². The highest BCUT2D eigenvalue weighted by molar-refractivity contribution is 6.01. The van der Waals surface area contributed by atoms with E-state index in [-0.39, 0.29) is 17.9 Å². The van der Waals surface area contributed by atoms with Gasteiger partial charge < -0.3 is 15.0 Å². The van der Waals surface area contributed by atoms with Crippen molar-refractivity contribution >= 4 is 11.8 Å². The highest BCUT2D eigenvalue weighted by Gasteiger charge is 2.49. The molecule has 32 heavy (non-hydrogen) atoms. The van der Waals surface area contributed by atoms with Gasteiger partial charge >= 0.3 is 0 Å². The number of carbonyl (C=O) groups is 2. The number of carbonyl (C=O) groups excluding carboxylic acids is 2. The van der Waals surface area contributed by atoms with Crippen molar-refractivity contribution in [2.45, 2.75) is 37.4 Å². The molecule has 6 nitrogen and oxygen atoms in total. The lowest BCUT2D eigenvalue weighted by Gasteiger charge is -2.42. The number of hydrogen-bond acceptors (Lipinski definition) is 4. The minimum Gasteiger partial charge on any atom is -0.497 e. The summed E-state index contributed by atoms with van der Waals surface area (Å²) in [5.74, 6) is 0.0758. The zero-order chi connectivity index (χ0) is 22.1. The molecule has 5 rings (SSSR count). The van der Waals surface area contributed by atoms with Crippen LogP contribution in [0.3, 0.4) is 0 Å². The van der Waals surface area contributed by atoms with Crippen LogP contribution in [0.2, 0.25) is 0 Å². The molecule has 0 saturated heterocycles. The summed E-state index contributed by atoms with van der Waals surface area (Å²) in [5.41, 5.74) is 3.21. The molecular formula is C26H25N3O3. The highest BCUT2D eigenvalue weighted by Crippen LogP contribution is 2.48. The molecule has 1 aromatic heterocycles. The van der Waals surface area contributed by atoms with Gasteiger partial charge in [-0.2, -0.15) is 0 Å². The fourth-order valence-electron chi connectivity index (χ4n) is 4.57.